The van der Waals surface area contributed by atoms with Crippen LogP contribution in [0.4, 0.5) is 11.4 Å². The Morgan fingerprint density at radius 1 is 1.44 bits per heavy atom. The van der Waals surface area contributed by atoms with E-state index in [-0.39, 0.29) is 5.91 Å². The number of carbonyl (C=O) groups is 1. The smallest absolute Gasteiger partial charge is 0.257 e. The predicted molar refractivity (Wildman–Crippen MR) is 72.8 cm³/mol. The van der Waals surface area contributed by atoms with Crippen LogP contribution in [0.3, 0.4) is 0 Å². The number of benzene rings is 1. The van der Waals surface area contributed by atoms with E-state index in [1.54, 1.807) is 30.5 Å². The molecule has 5 heteroatoms. The zero-order valence-electron chi connectivity index (χ0n) is 9.77. The molecule has 1 aromatic carbocycles. The lowest BCUT2D eigenvalue weighted by Crippen LogP contribution is -2.13. The molecule has 1 amide bonds. The molecule has 0 aliphatic rings. The van der Waals surface area contributed by atoms with Crippen LogP contribution in [0.25, 0.3) is 0 Å². The highest BCUT2D eigenvalue weighted by Gasteiger charge is 2.09. The Balaban J connectivity index is 2.25. The summed E-state index contributed by atoms with van der Waals surface area (Å²) >= 11 is 6.00. The van der Waals surface area contributed by atoms with Crippen molar-refractivity contribution in [3.05, 3.63) is 52.8 Å². The third-order valence-electron chi connectivity index (χ3n) is 2.50. The average Bonchev–Trinajstić information content (AvgIpc) is 2.37. The summed E-state index contributed by atoms with van der Waals surface area (Å²) in [5.41, 5.74) is 8.14. The number of nitrogens with one attached hydrogen (secondary N) is 1. The van der Waals surface area contributed by atoms with E-state index in [0.717, 1.165) is 5.56 Å². The first kappa shape index (κ1) is 12.4. The minimum absolute atomic E-state index is 0.269. The molecule has 0 fully saturated rings. The summed E-state index contributed by atoms with van der Waals surface area (Å²) in [5.74, 6) is -0.269. The van der Waals surface area contributed by atoms with Gasteiger partial charge in [-0.15, -0.1) is 0 Å². The largest absolute Gasteiger partial charge is 0.397 e. The van der Waals surface area contributed by atoms with Crippen molar-refractivity contribution in [3.63, 3.8) is 0 Å². The molecule has 1 heterocycles. The summed E-state index contributed by atoms with van der Waals surface area (Å²) in [7, 11) is 0. The van der Waals surface area contributed by atoms with Gasteiger partial charge in [-0.05, 0) is 36.8 Å². The molecule has 18 heavy (non-hydrogen) atoms. The Morgan fingerprint density at radius 2 is 2.22 bits per heavy atom. The summed E-state index contributed by atoms with van der Waals surface area (Å²) in [6.45, 7) is 1.85. The number of aryl methyl sites for hydroxylation is 1. The molecular formula is C13H12ClN3O. The van der Waals surface area contributed by atoms with Gasteiger partial charge < -0.3 is 11.1 Å². The summed E-state index contributed by atoms with van der Waals surface area (Å²) in [4.78, 5) is 15.8. The second-order valence-electron chi connectivity index (χ2n) is 3.88. The van der Waals surface area contributed by atoms with Crippen molar-refractivity contribution in [2.45, 2.75) is 6.92 Å². The van der Waals surface area contributed by atoms with E-state index < -0.39 is 0 Å². The number of hydrogen-bond acceptors (Lipinski definition) is 3. The van der Waals surface area contributed by atoms with E-state index in [4.69, 9.17) is 17.3 Å². The number of pyridine rings is 1. The Hall–Kier alpha value is -2.07. The Labute approximate surface area is 110 Å². The summed E-state index contributed by atoms with van der Waals surface area (Å²) in [6, 6.07) is 6.73. The number of aromatic nitrogens is 1. The predicted octanol–water partition coefficient (Wildman–Crippen LogP) is 2.88. The fourth-order valence-corrected chi connectivity index (χ4v) is 1.67. The molecule has 0 radical (unpaired) electrons. The molecule has 3 N–H and O–H groups in total. The molecule has 0 unspecified atom stereocenters. The third kappa shape index (κ3) is 2.60. The zero-order chi connectivity index (χ0) is 13.1. The molecule has 0 bridgehead atoms. The van der Waals surface area contributed by atoms with Gasteiger partial charge in [-0.3, -0.25) is 9.78 Å². The second kappa shape index (κ2) is 5.06. The summed E-state index contributed by atoms with van der Waals surface area (Å²) < 4.78 is 0. The van der Waals surface area contributed by atoms with Crippen LogP contribution in [0.5, 0.6) is 0 Å². The molecule has 0 atom stereocenters. The van der Waals surface area contributed by atoms with Gasteiger partial charge in [0.15, 0.2) is 0 Å². The molecule has 1 aromatic heterocycles. The van der Waals surface area contributed by atoms with Crippen LogP contribution in [0.2, 0.25) is 5.02 Å². The molecule has 0 aliphatic carbocycles. The Morgan fingerprint density at radius 3 is 2.89 bits per heavy atom. The number of halogens is 1. The van der Waals surface area contributed by atoms with E-state index in [2.05, 4.69) is 10.3 Å². The lowest BCUT2D eigenvalue weighted by molar-refractivity contribution is 0.102. The number of rotatable bonds is 2. The van der Waals surface area contributed by atoms with E-state index in [9.17, 15) is 4.79 Å². The average molecular weight is 262 g/mol. The maximum Gasteiger partial charge on any atom is 0.257 e. The van der Waals surface area contributed by atoms with Gasteiger partial charge in [-0.2, -0.15) is 0 Å². The fourth-order valence-electron chi connectivity index (χ4n) is 1.50. The van der Waals surface area contributed by atoms with Crippen molar-refractivity contribution in [1.82, 2.24) is 4.98 Å². The Kier molecular flexibility index (Phi) is 3.48. The zero-order valence-corrected chi connectivity index (χ0v) is 10.5. The molecule has 2 rings (SSSR count). The van der Waals surface area contributed by atoms with Gasteiger partial charge in [0.25, 0.3) is 5.91 Å². The molecule has 0 aliphatic heterocycles. The van der Waals surface area contributed by atoms with Crippen LogP contribution < -0.4 is 11.1 Å². The lowest BCUT2D eigenvalue weighted by Gasteiger charge is -2.10. The number of amides is 1. The van der Waals surface area contributed by atoms with Gasteiger partial charge in [0, 0.05) is 17.4 Å². The van der Waals surface area contributed by atoms with Crippen LogP contribution in [0.15, 0.2) is 36.7 Å². The normalized spacial score (nSPS) is 10.1. The molecule has 0 saturated heterocycles. The monoisotopic (exact) mass is 261 g/mol. The van der Waals surface area contributed by atoms with E-state index in [1.807, 2.05) is 6.92 Å². The van der Waals surface area contributed by atoms with Crippen molar-refractivity contribution in [1.29, 1.82) is 0 Å². The van der Waals surface area contributed by atoms with E-state index >= 15 is 0 Å². The minimum atomic E-state index is -0.269. The number of nitrogens with zero attached hydrogens (tertiary/aromatic N) is 1. The van der Waals surface area contributed by atoms with Gasteiger partial charge >= 0.3 is 0 Å². The number of hydrogen-bond donors (Lipinski definition) is 2. The van der Waals surface area contributed by atoms with Gasteiger partial charge in [0.05, 0.1) is 16.9 Å². The summed E-state index contributed by atoms with van der Waals surface area (Å²) in [5, 5.41) is 3.27. The molecular weight excluding hydrogens is 250 g/mol. The molecule has 4 nitrogen and oxygen atoms in total. The fraction of sp³-hybridized carbons (Fsp3) is 0.0769. The number of anilines is 2. The van der Waals surface area contributed by atoms with E-state index in [0.29, 0.717) is 22.0 Å². The highest BCUT2D eigenvalue weighted by atomic mass is 35.5. The summed E-state index contributed by atoms with van der Waals surface area (Å²) in [6.07, 6.45) is 3.09. The first-order valence-electron chi connectivity index (χ1n) is 5.35. The standard InChI is InChI=1S/C13H12ClN3O/c1-8-5-11(15)12(6-10(8)14)17-13(18)9-3-2-4-16-7-9/h2-7H,15H2,1H3,(H,17,18). The van der Waals surface area contributed by atoms with Crippen molar-refractivity contribution >= 4 is 28.9 Å². The highest BCUT2D eigenvalue weighted by molar-refractivity contribution is 6.32. The third-order valence-corrected chi connectivity index (χ3v) is 2.91. The van der Waals surface area contributed by atoms with Gasteiger partial charge in [0.2, 0.25) is 0 Å². The maximum absolute atomic E-state index is 11.9. The topological polar surface area (TPSA) is 68.0 Å². The first-order valence-corrected chi connectivity index (χ1v) is 5.72. The van der Waals surface area contributed by atoms with Crippen LogP contribution in [-0.4, -0.2) is 10.9 Å². The van der Waals surface area contributed by atoms with Crippen molar-refractivity contribution in [2.24, 2.45) is 0 Å². The minimum Gasteiger partial charge on any atom is -0.397 e. The van der Waals surface area contributed by atoms with Crippen molar-refractivity contribution in [2.75, 3.05) is 11.1 Å². The quantitative estimate of drug-likeness (QED) is 0.817. The van der Waals surface area contributed by atoms with Crippen molar-refractivity contribution in [3.8, 4) is 0 Å². The molecule has 2 aromatic rings. The van der Waals surface area contributed by atoms with Crippen molar-refractivity contribution < 1.29 is 4.79 Å². The number of nitrogen functional groups attached to an aromatic ring is 1. The van der Waals surface area contributed by atoms with Gasteiger partial charge in [-0.1, -0.05) is 11.6 Å². The van der Waals surface area contributed by atoms with Crippen LogP contribution in [0, 0.1) is 6.92 Å². The lowest BCUT2D eigenvalue weighted by atomic mass is 10.2. The van der Waals surface area contributed by atoms with Gasteiger partial charge in [0.1, 0.15) is 0 Å². The van der Waals surface area contributed by atoms with Gasteiger partial charge in [-0.25, -0.2) is 0 Å². The van der Waals surface area contributed by atoms with Crippen LogP contribution >= 0.6 is 11.6 Å². The van der Waals surface area contributed by atoms with E-state index in [1.165, 1.54) is 6.20 Å². The number of carbonyl (C=O) groups excluding carboxylic acids is 1. The molecule has 0 spiro atoms. The first-order chi connectivity index (χ1) is 8.58. The Bertz CT molecular complexity index is 584. The number of nitrogens with two attached hydrogens (primary N) is 1. The van der Waals surface area contributed by atoms with Crippen LogP contribution in [-0.2, 0) is 0 Å². The van der Waals surface area contributed by atoms with Crippen LogP contribution in [0.1, 0.15) is 15.9 Å². The SMILES string of the molecule is Cc1cc(N)c(NC(=O)c2cccnc2)cc1Cl. The molecule has 0 saturated carbocycles. The second-order valence-corrected chi connectivity index (χ2v) is 4.29. The highest BCUT2D eigenvalue weighted by Crippen LogP contribution is 2.27. The molecule has 92 valence electrons. The maximum atomic E-state index is 11.9.